The van der Waals surface area contributed by atoms with Crippen LogP contribution in [0.15, 0.2) is 0 Å². The average molecular weight is 230 g/mol. The highest BCUT2D eigenvalue weighted by Gasteiger charge is 2.47. The first-order valence-corrected chi connectivity index (χ1v) is 4.23. The Balaban J connectivity index is 4.38. The van der Waals surface area contributed by atoms with Gasteiger partial charge in [-0.2, -0.15) is 30.4 Å². The summed E-state index contributed by atoms with van der Waals surface area (Å²) in [5.74, 6) is 0. The zero-order valence-electron chi connectivity index (χ0n) is 5.91. The smallest absolute Gasteiger partial charge is 0.188 e. The molecule has 0 aliphatic heterocycles. The number of hydrogen-bond donors (Lipinski definition) is 0. The molecule has 0 amide bonds. The van der Waals surface area contributed by atoms with E-state index in [9.17, 15) is 34.3 Å². The lowest BCUT2D eigenvalue weighted by Crippen LogP contribution is -2.27. The van der Waals surface area contributed by atoms with Gasteiger partial charge in [-0.3, -0.25) is 0 Å². The Morgan fingerprint density at radius 3 is 1.54 bits per heavy atom. The fourth-order valence-corrected chi connectivity index (χ4v) is 0.755. The lowest BCUT2D eigenvalue weighted by atomic mass is 10.3. The van der Waals surface area contributed by atoms with Crippen molar-refractivity contribution >= 4 is 10.2 Å². The summed E-state index contributed by atoms with van der Waals surface area (Å²) >= 11 is 0. The SMILES string of the molecule is O=S(=O)(F)C(F)(F)CCC(F)(F)F. The third-order valence-electron chi connectivity index (χ3n) is 1.06. The van der Waals surface area contributed by atoms with E-state index in [-0.39, 0.29) is 0 Å². The second-order valence-corrected chi connectivity index (χ2v) is 3.66. The van der Waals surface area contributed by atoms with E-state index in [4.69, 9.17) is 0 Å². The molecule has 0 N–H and O–H groups in total. The van der Waals surface area contributed by atoms with Crippen molar-refractivity contribution in [3.63, 3.8) is 0 Å². The van der Waals surface area contributed by atoms with Gasteiger partial charge >= 0.3 is 21.7 Å². The topological polar surface area (TPSA) is 34.1 Å². The number of alkyl halides is 5. The van der Waals surface area contributed by atoms with Crippen LogP contribution in [-0.2, 0) is 10.2 Å². The molecule has 9 heteroatoms. The van der Waals surface area contributed by atoms with Crippen LogP contribution in [0.4, 0.5) is 25.8 Å². The molecule has 0 saturated heterocycles. The average Bonchev–Trinajstić information content (AvgIpc) is 1.79. The highest BCUT2D eigenvalue weighted by molar-refractivity contribution is 7.87. The number of halogens is 6. The summed E-state index contributed by atoms with van der Waals surface area (Å²) in [6.07, 6.45) is -9.09. The summed E-state index contributed by atoms with van der Waals surface area (Å²) in [6, 6.07) is 0. The van der Waals surface area contributed by atoms with Gasteiger partial charge in [-0.05, 0) is 0 Å². The van der Waals surface area contributed by atoms with Crippen molar-refractivity contribution in [2.24, 2.45) is 0 Å². The minimum absolute atomic E-state index is 2.05. The Bertz CT molecular complexity index is 265. The van der Waals surface area contributed by atoms with Crippen LogP contribution in [0.1, 0.15) is 12.8 Å². The second-order valence-electron chi connectivity index (χ2n) is 2.19. The molecule has 0 unspecified atom stereocenters. The molecule has 0 aliphatic carbocycles. The lowest BCUT2D eigenvalue weighted by Gasteiger charge is -2.12. The van der Waals surface area contributed by atoms with Gasteiger partial charge in [-0.15, -0.1) is 0 Å². The van der Waals surface area contributed by atoms with Crippen LogP contribution in [0.2, 0.25) is 0 Å². The maximum absolute atomic E-state index is 12.0. The van der Waals surface area contributed by atoms with Crippen molar-refractivity contribution in [3.8, 4) is 0 Å². The predicted molar refractivity (Wildman–Crippen MR) is 30.3 cm³/mol. The van der Waals surface area contributed by atoms with Crippen LogP contribution in [0, 0.1) is 0 Å². The van der Waals surface area contributed by atoms with Gasteiger partial charge in [-0.25, -0.2) is 0 Å². The molecule has 0 fully saturated rings. The van der Waals surface area contributed by atoms with Crippen LogP contribution >= 0.6 is 0 Å². The maximum atomic E-state index is 12.0. The van der Waals surface area contributed by atoms with Crippen molar-refractivity contribution in [2.45, 2.75) is 24.3 Å². The van der Waals surface area contributed by atoms with Gasteiger partial charge in [0.15, 0.2) is 0 Å². The normalized spacial score (nSPS) is 14.6. The van der Waals surface area contributed by atoms with Gasteiger partial charge < -0.3 is 0 Å². The molecule has 0 radical (unpaired) electrons. The zero-order chi connectivity index (χ0) is 10.9. The van der Waals surface area contributed by atoms with Gasteiger partial charge in [0.1, 0.15) is 0 Å². The fourth-order valence-electron chi connectivity index (χ4n) is 0.409. The number of rotatable bonds is 3. The highest BCUT2D eigenvalue weighted by Crippen LogP contribution is 2.33. The van der Waals surface area contributed by atoms with Crippen LogP contribution in [0.25, 0.3) is 0 Å². The molecule has 80 valence electrons. The Hall–Kier alpha value is -0.470. The zero-order valence-corrected chi connectivity index (χ0v) is 6.72. The van der Waals surface area contributed by atoms with Crippen molar-refractivity contribution in [3.05, 3.63) is 0 Å². The molecule has 0 aliphatic rings. The molecule has 0 spiro atoms. The highest BCUT2D eigenvalue weighted by atomic mass is 32.3. The first-order chi connectivity index (χ1) is 5.46. The molecule has 0 rings (SSSR count). The summed E-state index contributed by atoms with van der Waals surface area (Å²) in [6.45, 7) is 0. The molecule has 0 bridgehead atoms. The van der Waals surface area contributed by atoms with E-state index in [1.807, 2.05) is 0 Å². The Labute approximate surface area is 69.7 Å². The summed E-state index contributed by atoms with van der Waals surface area (Å²) in [5, 5.41) is -4.97. The predicted octanol–water partition coefficient (Wildman–Crippen LogP) is 2.22. The summed E-state index contributed by atoms with van der Waals surface area (Å²) in [4.78, 5) is 0. The Morgan fingerprint density at radius 1 is 0.923 bits per heavy atom. The van der Waals surface area contributed by atoms with E-state index in [1.54, 1.807) is 0 Å². The minimum atomic E-state index is -6.26. The molecule has 0 aromatic rings. The van der Waals surface area contributed by atoms with E-state index < -0.39 is 34.5 Å². The van der Waals surface area contributed by atoms with Crippen molar-refractivity contribution in [2.75, 3.05) is 0 Å². The molecule has 0 aromatic heterocycles. The van der Waals surface area contributed by atoms with Gasteiger partial charge in [0.2, 0.25) is 0 Å². The summed E-state index contributed by atoms with van der Waals surface area (Å²) in [7, 11) is -6.26. The van der Waals surface area contributed by atoms with Gasteiger partial charge in [0.05, 0.1) is 6.42 Å². The van der Waals surface area contributed by atoms with Crippen molar-refractivity contribution < 1.29 is 34.3 Å². The first kappa shape index (κ1) is 12.5. The maximum Gasteiger partial charge on any atom is 0.389 e. The lowest BCUT2D eigenvalue weighted by molar-refractivity contribution is -0.144. The number of hydrogen-bond acceptors (Lipinski definition) is 2. The molecule has 0 aromatic carbocycles. The van der Waals surface area contributed by atoms with E-state index in [0.29, 0.717) is 0 Å². The van der Waals surface area contributed by atoms with Gasteiger partial charge in [0, 0.05) is 6.42 Å². The molecule has 2 nitrogen and oxygen atoms in total. The third-order valence-corrected chi connectivity index (χ3v) is 1.97. The molecule has 13 heavy (non-hydrogen) atoms. The van der Waals surface area contributed by atoms with Crippen LogP contribution in [0.5, 0.6) is 0 Å². The first-order valence-electron chi connectivity index (χ1n) is 2.84. The molecular formula is C4H4F6O2S. The van der Waals surface area contributed by atoms with Gasteiger partial charge in [-0.1, -0.05) is 3.89 Å². The Morgan fingerprint density at radius 2 is 1.31 bits per heavy atom. The van der Waals surface area contributed by atoms with E-state index in [0.717, 1.165) is 0 Å². The third kappa shape index (κ3) is 4.34. The van der Waals surface area contributed by atoms with Crippen LogP contribution in [-0.4, -0.2) is 19.8 Å². The summed E-state index contributed by atoms with van der Waals surface area (Å²) < 4.78 is 88.7. The van der Waals surface area contributed by atoms with Gasteiger partial charge in [0.25, 0.3) is 0 Å². The molecule has 0 atom stereocenters. The Kier molecular flexibility index (Phi) is 3.23. The van der Waals surface area contributed by atoms with E-state index in [2.05, 4.69) is 0 Å². The van der Waals surface area contributed by atoms with Crippen LogP contribution < -0.4 is 0 Å². The molecule has 0 heterocycles. The van der Waals surface area contributed by atoms with E-state index >= 15 is 0 Å². The monoisotopic (exact) mass is 230 g/mol. The van der Waals surface area contributed by atoms with Crippen molar-refractivity contribution in [1.29, 1.82) is 0 Å². The standard InChI is InChI=1S/C4H4F6O2S/c5-3(6,7)1-2-4(8,9)13(10,11)12/h1-2H2. The summed E-state index contributed by atoms with van der Waals surface area (Å²) in [5.41, 5.74) is 0. The fraction of sp³-hybridized carbons (Fsp3) is 1.00. The quantitative estimate of drug-likeness (QED) is 0.550. The minimum Gasteiger partial charge on any atom is -0.188 e. The van der Waals surface area contributed by atoms with E-state index in [1.165, 1.54) is 0 Å². The molecule has 0 saturated carbocycles. The molecular weight excluding hydrogens is 226 g/mol. The largest absolute Gasteiger partial charge is 0.389 e. The van der Waals surface area contributed by atoms with Crippen LogP contribution in [0.3, 0.4) is 0 Å². The second kappa shape index (κ2) is 3.35. The van der Waals surface area contributed by atoms with Crippen molar-refractivity contribution in [1.82, 2.24) is 0 Å².